The van der Waals surface area contributed by atoms with Gasteiger partial charge in [0.2, 0.25) is 0 Å². The molecule has 1 heterocycles. The van der Waals surface area contributed by atoms with Crippen LogP contribution in [0, 0.1) is 12.8 Å². The van der Waals surface area contributed by atoms with Gasteiger partial charge in [0.1, 0.15) is 16.8 Å². The predicted octanol–water partition coefficient (Wildman–Crippen LogP) is 4.38. The molecule has 0 atom stereocenters. The summed E-state index contributed by atoms with van der Waals surface area (Å²) in [6.45, 7) is 5.01. The molecule has 4 heteroatoms. The third kappa shape index (κ3) is 4.07. The van der Waals surface area contributed by atoms with Gasteiger partial charge in [-0.1, -0.05) is 50.6 Å². The molecule has 1 fully saturated rings. The van der Waals surface area contributed by atoms with Gasteiger partial charge >= 0.3 is 0 Å². The van der Waals surface area contributed by atoms with Crippen molar-refractivity contribution in [2.45, 2.75) is 58.8 Å². The number of nitrogens with one attached hydrogen (secondary N) is 1. The van der Waals surface area contributed by atoms with Crippen LogP contribution in [0.2, 0.25) is 5.15 Å². The lowest BCUT2D eigenvalue weighted by molar-refractivity contribution is 0.345. The van der Waals surface area contributed by atoms with E-state index in [2.05, 4.69) is 15.3 Å². The minimum atomic E-state index is 0.576. The molecule has 1 aromatic rings. The summed E-state index contributed by atoms with van der Waals surface area (Å²) in [7, 11) is 0. The van der Waals surface area contributed by atoms with Crippen LogP contribution in [-0.2, 0) is 6.42 Å². The van der Waals surface area contributed by atoms with Crippen molar-refractivity contribution in [1.29, 1.82) is 0 Å². The van der Waals surface area contributed by atoms with Crippen LogP contribution < -0.4 is 5.32 Å². The second-order valence-corrected chi connectivity index (χ2v) is 5.84. The number of halogens is 1. The van der Waals surface area contributed by atoms with Crippen molar-refractivity contribution >= 4 is 17.4 Å². The van der Waals surface area contributed by atoms with Gasteiger partial charge in [-0.05, 0) is 19.3 Å². The standard InChI is InChI=1S/C15H24ClN3/c1-3-13-18-14(16)11(2)15(19-13)17-10-9-12-7-5-4-6-8-12/h12H,3-10H2,1-2H3,(H,17,18,19). The fraction of sp³-hybridized carbons (Fsp3) is 0.733. The van der Waals surface area contributed by atoms with E-state index in [0.29, 0.717) is 5.15 Å². The van der Waals surface area contributed by atoms with Gasteiger partial charge in [0.25, 0.3) is 0 Å². The van der Waals surface area contributed by atoms with Crippen molar-refractivity contribution in [3.63, 3.8) is 0 Å². The van der Waals surface area contributed by atoms with Gasteiger partial charge in [-0.2, -0.15) is 0 Å². The molecule has 1 aliphatic rings. The zero-order valence-electron chi connectivity index (χ0n) is 12.0. The Morgan fingerprint density at radius 2 is 1.95 bits per heavy atom. The van der Waals surface area contributed by atoms with Gasteiger partial charge in [0.05, 0.1) is 0 Å². The highest BCUT2D eigenvalue weighted by Crippen LogP contribution is 2.26. The number of rotatable bonds is 5. The maximum Gasteiger partial charge on any atom is 0.137 e. The molecule has 2 rings (SSSR count). The van der Waals surface area contributed by atoms with Gasteiger partial charge in [-0.25, -0.2) is 9.97 Å². The van der Waals surface area contributed by atoms with Crippen LogP contribution in [0.1, 0.15) is 56.8 Å². The molecule has 0 amide bonds. The first-order valence-corrected chi connectivity index (χ1v) is 7.85. The van der Waals surface area contributed by atoms with Crippen LogP contribution in [0.15, 0.2) is 0 Å². The fourth-order valence-electron chi connectivity index (χ4n) is 2.73. The smallest absolute Gasteiger partial charge is 0.137 e. The molecule has 0 bridgehead atoms. The maximum absolute atomic E-state index is 6.13. The van der Waals surface area contributed by atoms with Gasteiger partial charge in [0.15, 0.2) is 0 Å². The third-order valence-electron chi connectivity index (χ3n) is 4.02. The highest BCUT2D eigenvalue weighted by molar-refractivity contribution is 6.30. The number of hydrogen-bond donors (Lipinski definition) is 1. The van der Waals surface area contributed by atoms with E-state index >= 15 is 0 Å². The number of anilines is 1. The van der Waals surface area contributed by atoms with Crippen LogP contribution in [0.5, 0.6) is 0 Å². The minimum Gasteiger partial charge on any atom is -0.370 e. The van der Waals surface area contributed by atoms with E-state index in [4.69, 9.17) is 11.6 Å². The summed E-state index contributed by atoms with van der Waals surface area (Å²) < 4.78 is 0. The van der Waals surface area contributed by atoms with Gasteiger partial charge < -0.3 is 5.32 Å². The van der Waals surface area contributed by atoms with Crippen LogP contribution in [0.4, 0.5) is 5.82 Å². The van der Waals surface area contributed by atoms with Crippen LogP contribution in [0.3, 0.4) is 0 Å². The molecular formula is C15H24ClN3. The Hall–Kier alpha value is -0.830. The maximum atomic E-state index is 6.13. The monoisotopic (exact) mass is 281 g/mol. The zero-order chi connectivity index (χ0) is 13.7. The van der Waals surface area contributed by atoms with E-state index in [-0.39, 0.29) is 0 Å². The number of aryl methyl sites for hydroxylation is 1. The van der Waals surface area contributed by atoms with Gasteiger partial charge in [-0.3, -0.25) is 0 Å². The number of nitrogens with zero attached hydrogens (tertiary/aromatic N) is 2. The summed E-state index contributed by atoms with van der Waals surface area (Å²) in [5.41, 5.74) is 0.961. The Morgan fingerprint density at radius 3 is 2.63 bits per heavy atom. The highest BCUT2D eigenvalue weighted by Gasteiger charge is 2.13. The predicted molar refractivity (Wildman–Crippen MR) is 80.8 cm³/mol. The molecule has 1 aromatic heterocycles. The highest BCUT2D eigenvalue weighted by atomic mass is 35.5. The van der Waals surface area contributed by atoms with Gasteiger partial charge in [0, 0.05) is 18.5 Å². The van der Waals surface area contributed by atoms with E-state index in [0.717, 1.165) is 36.1 Å². The zero-order valence-corrected chi connectivity index (χ0v) is 12.8. The molecule has 0 spiro atoms. The fourth-order valence-corrected chi connectivity index (χ4v) is 2.92. The van der Waals surface area contributed by atoms with Crippen molar-refractivity contribution in [2.75, 3.05) is 11.9 Å². The summed E-state index contributed by atoms with van der Waals surface area (Å²) in [5, 5.41) is 4.02. The molecule has 1 aliphatic carbocycles. The van der Waals surface area contributed by atoms with Crippen molar-refractivity contribution in [2.24, 2.45) is 5.92 Å². The Bertz CT molecular complexity index is 414. The topological polar surface area (TPSA) is 37.8 Å². The van der Waals surface area contributed by atoms with E-state index in [1.807, 2.05) is 13.8 Å². The first-order chi connectivity index (χ1) is 9.20. The lowest BCUT2D eigenvalue weighted by atomic mass is 9.87. The first-order valence-electron chi connectivity index (χ1n) is 7.47. The normalized spacial score (nSPS) is 16.6. The first kappa shape index (κ1) is 14.6. The third-order valence-corrected chi connectivity index (χ3v) is 4.39. The minimum absolute atomic E-state index is 0.576. The molecule has 106 valence electrons. The van der Waals surface area contributed by atoms with E-state index in [1.165, 1.54) is 38.5 Å². The second kappa shape index (κ2) is 7.09. The summed E-state index contributed by atoms with van der Waals surface area (Å²) in [6, 6.07) is 0. The van der Waals surface area contributed by atoms with Gasteiger partial charge in [-0.15, -0.1) is 0 Å². The molecule has 1 N–H and O–H groups in total. The quantitative estimate of drug-likeness (QED) is 0.814. The molecule has 0 radical (unpaired) electrons. The molecule has 19 heavy (non-hydrogen) atoms. The Balaban J connectivity index is 1.89. The van der Waals surface area contributed by atoms with E-state index < -0.39 is 0 Å². The molecule has 0 saturated heterocycles. The van der Waals surface area contributed by atoms with Crippen molar-refractivity contribution in [3.05, 3.63) is 16.5 Å². The largest absolute Gasteiger partial charge is 0.370 e. The number of hydrogen-bond acceptors (Lipinski definition) is 3. The lowest BCUT2D eigenvalue weighted by Gasteiger charge is -2.21. The molecule has 0 aromatic carbocycles. The van der Waals surface area contributed by atoms with Crippen LogP contribution in [-0.4, -0.2) is 16.5 Å². The SMILES string of the molecule is CCc1nc(Cl)c(C)c(NCCC2CCCCC2)n1. The van der Waals surface area contributed by atoms with Crippen molar-refractivity contribution in [1.82, 2.24) is 9.97 Å². The molecule has 0 aliphatic heterocycles. The molecular weight excluding hydrogens is 258 g/mol. The van der Waals surface area contributed by atoms with Crippen molar-refractivity contribution in [3.8, 4) is 0 Å². The molecule has 3 nitrogen and oxygen atoms in total. The summed E-state index contributed by atoms with van der Waals surface area (Å²) in [6.07, 6.45) is 9.08. The summed E-state index contributed by atoms with van der Waals surface area (Å²) in [5.74, 6) is 2.62. The van der Waals surface area contributed by atoms with Crippen LogP contribution in [0.25, 0.3) is 0 Å². The Labute approximate surface area is 121 Å². The van der Waals surface area contributed by atoms with Crippen molar-refractivity contribution < 1.29 is 0 Å². The second-order valence-electron chi connectivity index (χ2n) is 5.48. The van der Waals surface area contributed by atoms with E-state index in [1.54, 1.807) is 0 Å². The molecule has 0 unspecified atom stereocenters. The number of aromatic nitrogens is 2. The van der Waals surface area contributed by atoms with E-state index in [9.17, 15) is 0 Å². The Morgan fingerprint density at radius 1 is 1.21 bits per heavy atom. The van der Waals surface area contributed by atoms with Crippen LogP contribution >= 0.6 is 11.6 Å². The summed E-state index contributed by atoms with van der Waals surface area (Å²) in [4.78, 5) is 8.79. The average Bonchev–Trinajstić information content (AvgIpc) is 2.44. The summed E-state index contributed by atoms with van der Waals surface area (Å²) >= 11 is 6.13. The Kier molecular flexibility index (Phi) is 5.44. The average molecular weight is 282 g/mol. The lowest BCUT2D eigenvalue weighted by Crippen LogP contribution is -2.14. The molecule has 1 saturated carbocycles.